The van der Waals surface area contributed by atoms with Crippen LogP contribution in [-0.2, 0) is 0 Å². The number of hydrogen-bond acceptors (Lipinski definition) is 1. The van der Waals surface area contributed by atoms with Crippen molar-refractivity contribution in [2.75, 3.05) is 5.75 Å². The molecule has 0 aliphatic heterocycles. The van der Waals surface area contributed by atoms with Crippen LogP contribution < -0.4 is 9.37 Å². The summed E-state index contributed by atoms with van der Waals surface area (Å²) in [6.07, 6.45) is 0. The van der Waals surface area contributed by atoms with Gasteiger partial charge in [-0.15, -0.1) is 11.8 Å². The summed E-state index contributed by atoms with van der Waals surface area (Å²) in [7, 11) is 0. The fourth-order valence-electron chi connectivity index (χ4n) is 2.98. The summed E-state index contributed by atoms with van der Waals surface area (Å²) in [4.78, 5) is 9.50. The van der Waals surface area contributed by atoms with Gasteiger partial charge in [0.1, 0.15) is 0 Å². The molecule has 0 spiro atoms. The normalized spacial score (nSPS) is 10.2. The quantitative estimate of drug-likeness (QED) is 0.204. The van der Waals surface area contributed by atoms with Crippen LogP contribution in [0.4, 0.5) is 0 Å². The molecule has 0 aromatic heterocycles. The maximum absolute atomic E-state index is 8.47. The van der Waals surface area contributed by atoms with Gasteiger partial charge >= 0.3 is 129 Å². The average molecular weight is 608 g/mol. The van der Waals surface area contributed by atoms with Gasteiger partial charge in [0.15, 0.2) is 5.75 Å². The number of carboxylic acid groups (broad SMARTS) is 1. The minimum atomic E-state index is -2.17. The molecular formula is C26H24O2PbS+. The molecular weight excluding hydrogens is 584 g/mol. The van der Waals surface area contributed by atoms with Crippen LogP contribution in [-0.4, -0.2) is 44.3 Å². The van der Waals surface area contributed by atoms with Crippen LogP contribution in [0.3, 0.4) is 0 Å². The van der Waals surface area contributed by atoms with Crippen molar-refractivity contribution in [3.8, 4) is 0 Å². The second-order valence-electron chi connectivity index (χ2n) is 6.49. The average Bonchev–Trinajstić information content (AvgIpc) is 2.81. The number of hydrogen-bond donors (Lipinski definition) is 1. The number of rotatable bonds is 6. The van der Waals surface area contributed by atoms with Crippen molar-refractivity contribution in [3.05, 3.63) is 121 Å². The van der Waals surface area contributed by atoms with Gasteiger partial charge in [0.05, 0.1) is 0 Å². The number of carboxylic acids is 1. The Labute approximate surface area is 190 Å². The molecule has 0 unspecified atom stereocenters. The maximum atomic E-state index is 8.47. The van der Waals surface area contributed by atoms with E-state index in [1.165, 1.54) is 11.8 Å². The summed E-state index contributed by atoms with van der Waals surface area (Å²) < 4.78 is 4.64. The van der Waals surface area contributed by atoms with Crippen LogP contribution in [0, 0.1) is 0 Å². The van der Waals surface area contributed by atoms with Gasteiger partial charge in [-0.3, -0.25) is 0 Å². The fourth-order valence-corrected chi connectivity index (χ4v) is 13.6. The molecule has 0 bridgehead atoms. The molecule has 149 valence electrons. The molecule has 0 aliphatic carbocycles. The summed E-state index contributed by atoms with van der Waals surface area (Å²) in [5.41, 5.74) is 0. The molecule has 30 heavy (non-hydrogen) atoms. The summed E-state index contributed by atoms with van der Waals surface area (Å²) in [5.74, 6) is -0.289. The summed E-state index contributed by atoms with van der Waals surface area (Å²) in [6.45, 7) is 0. The Kier molecular flexibility index (Phi) is 9.18. The molecule has 0 aliphatic rings. The van der Waals surface area contributed by atoms with E-state index in [0.717, 1.165) is 4.90 Å². The molecule has 2 nitrogen and oxygen atoms in total. The van der Waals surface area contributed by atoms with E-state index in [0.29, 0.717) is 0 Å². The second-order valence-corrected chi connectivity index (χ2v) is 17.2. The van der Waals surface area contributed by atoms with Gasteiger partial charge in [0, 0.05) is 4.90 Å². The van der Waals surface area contributed by atoms with E-state index in [1.54, 1.807) is 9.37 Å². The first-order valence-electron chi connectivity index (χ1n) is 9.69. The zero-order valence-corrected chi connectivity index (χ0v) is 21.3. The van der Waals surface area contributed by atoms with E-state index in [9.17, 15) is 0 Å². The Bertz CT molecular complexity index is 916. The van der Waals surface area contributed by atoms with Crippen molar-refractivity contribution in [2.24, 2.45) is 0 Å². The van der Waals surface area contributed by atoms with Crippen molar-refractivity contribution in [2.45, 2.75) is 4.90 Å². The zero-order chi connectivity index (χ0) is 21.0. The molecule has 0 amide bonds. The molecule has 4 aromatic rings. The number of benzene rings is 4. The Balaban J connectivity index is 0.000000199. The topological polar surface area (TPSA) is 41.6 Å². The Hall–Kier alpha value is -2.38. The zero-order valence-electron chi connectivity index (χ0n) is 16.6. The summed E-state index contributed by atoms with van der Waals surface area (Å²) in [5, 5.41) is 8.47. The van der Waals surface area contributed by atoms with E-state index in [2.05, 4.69) is 91.0 Å². The third-order valence-electron chi connectivity index (χ3n) is 4.30. The van der Waals surface area contributed by atoms with E-state index < -0.39 is 28.7 Å². The predicted octanol–water partition coefficient (Wildman–Crippen LogP) is 4.04. The van der Waals surface area contributed by atoms with Crippen molar-refractivity contribution >= 4 is 49.8 Å². The molecule has 4 heteroatoms. The van der Waals surface area contributed by atoms with Gasteiger partial charge < -0.3 is 9.90 Å². The molecule has 0 heterocycles. The minimum absolute atomic E-state index is 0.240. The third-order valence-corrected chi connectivity index (χ3v) is 15.9. The van der Waals surface area contributed by atoms with Crippen molar-refractivity contribution in [1.82, 2.24) is 0 Å². The predicted molar refractivity (Wildman–Crippen MR) is 131 cm³/mol. The van der Waals surface area contributed by atoms with Gasteiger partial charge in [-0.2, -0.15) is 0 Å². The van der Waals surface area contributed by atoms with Crippen LogP contribution in [0.1, 0.15) is 0 Å². The Morgan fingerprint density at radius 3 is 1.27 bits per heavy atom. The van der Waals surface area contributed by atoms with Gasteiger partial charge in [-0.25, -0.2) is 0 Å². The molecule has 4 aromatic carbocycles. The van der Waals surface area contributed by atoms with Gasteiger partial charge in [0.25, 0.3) is 0 Å². The first kappa shape index (κ1) is 22.3. The van der Waals surface area contributed by atoms with Crippen LogP contribution >= 0.6 is 11.8 Å². The standard InChI is InChI=1S/C8H8O2S.3C6H5.Pb/c9-8(10)6-11-7-4-2-1-3-5-7;3*1-2-4-6-5-3-1;/h1-5H,6H2,(H,9,10);3*1-5H;/p+1. The molecule has 4 rings (SSSR count). The molecule has 0 atom stereocenters. The van der Waals surface area contributed by atoms with E-state index in [4.69, 9.17) is 9.90 Å². The van der Waals surface area contributed by atoms with Crippen LogP contribution in [0.25, 0.3) is 0 Å². The van der Waals surface area contributed by atoms with Crippen LogP contribution in [0.2, 0.25) is 0 Å². The number of thioether (sulfide) groups is 1. The number of aliphatic carboxylic acids is 1. The van der Waals surface area contributed by atoms with Crippen molar-refractivity contribution < 1.29 is 9.90 Å². The van der Waals surface area contributed by atoms with E-state index >= 15 is 0 Å². The summed E-state index contributed by atoms with van der Waals surface area (Å²) in [6, 6.07) is 42.6. The molecule has 0 saturated carbocycles. The van der Waals surface area contributed by atoms with Crippen molar-refractivity contribution in [3.63, 3.8) is 0 Å². The Morgan fingerprint density at radius 1 is 0.600 bits per heavy atom. The third kappa shape index (κ3) is 7.15. The number of aliphatic hydroxyl groups excluding tert-OH is 1. The molecule has 1 radical (unpaired) electrons. The van der Waals surface area contributed by atoms with Gasteiger partial charge in [0.2, 0.25) is 0 Å². The first-order chi connectivity index (χ1) is 14.7. The molecule has 0 fully saturated rings. The molecule has 2 N–H and O–H groups in total. The monoisotopic (exact) mass is 608 g/mol. The van der Waals surface area contributed by atoms with Crippen LogP contribution in [0.5, 0.6) is 0 Å². The van der Waals surface area contributed by atoms with Crippen LogP contribution in [0.15, 0.2) is 126 Å². The second kappa shape index (κ2) is 12.3. The van der Waals surface area contributed by atoms with Crippen molar-refractivity contribution in [1.29, 1.82) is 0 Å². The van der Waals surface area contributed by atoms with Gasteiger partial charge in [-0.1, -0.05) is 18.2 Å². The van der Waals surface area contributed by atoms with Gasteiger partial charge in [-0.05, 0) is 12.1 Å². The molecule has 0 saturated heterocycles. The van der Waals surface area contributed by atoms with E-state index in [1.807, 2.05) is 30.3 Å². The Morgan fingerprint density at radius 2 is 0.933 bits per heavy atom. The summed E-state index contributed by atoms with van der Waals surface area (Å²) >= 11 is -0.780. The fraction of sp³-hybridized carbons (Fsp3) is 0.0385. The SMILES string of the molecule is OC(=[OH+])CSc1ccccc1.c1cc[c]([Pb]([c]2ccccc2)[c]2ccccc2)cc1. The first-order valence-corrected chi connectivity index (χ1v) is 16.5. The van der Waals surface area contributed by atoms with E-state index in [-0.39, 0.29) is 5.75 Å².